The van der Waals surface area contributed by atoms with E-state index in [9.17, 15) is 19.2 Å². The van der Waals surface area contributed by atoms with Gasteiger partial charge in [-0.1, -0.05) is 6.07 Å². The molecule has 0 aliphatic heterocycles. The molecule has 1 atom stereocenters. The normalized spacial score (nSPS) is 15.3. The number of anilines is 1. The summed E-state index contributed by atoms with van der Waals surface area (Å²) in [5.41, 5.74) is 2.03. The van der Waals surface area contributed by atoms with E-state index < -0.39 is 30.4 Å². The van der Waals surface area contributed by atoms with Crippen LogP contribution in [0.4, 0.5) is 15.3 Å². The molecule has 0 bridgehead atoms. The number of fused-ring (bicyclic) bond motifs is 1. The van der Waals surface area contributed by atoms with Gasteiger partial charge in [0, 0.05) is 12.7 Å². The van der Waals surface area contributed by atoms with Gasteiger partial charge in [-0.3, -0.25) is 9.59 Å². The molecular weight excluding hydrogens is 318 g/mol. The Morgan fingerprint density at radius 2 is 1.96 bits per heavy atom. The number of aryl methyl sites for hydroxylation is 1. The van der Waals surface area contributed by atoms with E-state index in [1.54, 1.807) is 18.2 Å². The summed E-state index contributed by atoms with van der Waals surface area (Å²) in [6.45, 7) is -0.893. The van der Waals surface area contributed by atoms with Crippen LogP contribution in [0.3, 0.4) is 0 Å². The first-order valence-corrected chi connectivity index (χ1v) is 7.21. The number of carboxylic acids is 1. The predicted molar refractivity (Wildman–Crippen MR) is 83.0 cm³/mol. The summed E-state index contributed by atoms with van der Waals surface area (Å²) in [7, 11) is 1.49. The zero-order chi connectivity index (χ0) is 17.9. The topological polar surface area (TPSA) is 136 Å². The van der Waals surface area contributed by atoms with Gasteiger partial charge < -0.3 is 20.8 Å². The number of aliphatic carboxylic acids is 1. The molecule has 0 saturated heterocycles. The van der Waals surface area contributed by atoms with Crippen LogP contribution in [0.25, 0.3) is 0 Å². The van der Waals surface area contributed by atoms with Crippen LogP contribution in [0.1, 0.15) is 23.5 Å². The molecule has 1 aliphatic rings. The fourth-order valence-corrected chi connectivity index (χ4v) is 2.71. The molecule has 1 unspecified atom stereocenters. The fourth-order valence-electron chi connectivity index (χ4n) is 2.71. The van der Waals surface area contributed by atoms with Crippen molar-refractivity contribution in [1.82, 2.24) is 10.2 Å². The van der Waals surface area contributed by atoms with Crippen LogP contribution >= 0.6 is 0 Å². The minimum absolute atomic E-state index is 0.318. The molecule has 0 aromatic heterocycles. The van der Waals surface area contributed by atoms with E-state index >= 15 is 0 Å². The lowest BCUT2D eigenvalue weighted by Crippen LogP contribution is -2.42. The standard InChI is InChI=1S/C15H17N3O6/c1-16-14(22)17-9-3-5-10-8(6-9)2-4-11(10)13(21)18(15(23)24)7-12(19)20/h3,5-6,11H,2,4,7H2,1H3,(H,19,20)(H,23,24)(H2,16,17,22). The average Bonchev–Trinajstić information content (AvgIpc) is 2.94. The summed E-state index contributed by atoms with van der Waals surface area (Å²) in [6, 6.07) is 4.61. The molecule has 4 N–H and O–H groups in total. The Morgan fingerprint density at radius 3 is 2.54 bits per heavy atom. The number of nitrogens with one attached hydrogen (secondary N) is 2. The summed E-state index contributed by atoms with van der Waals surface area (Å²) in [6.07, 6.45) is -0.662. The molecular formula is C15H17N3O6. The molecule has 4 amide bonds. The van der Waals surface area contributed by atoms with Crippen LogP contribution in [0.5, 0.6) is 0 Å². The number of hydrogen-bond donors (Lipinski definition) is 4. The summed E-state index contributed by atoms with van der Waals surface area (Å²) in [5.74, 6) is -2.85. The lowest BCUT2D eigenvalue weighted by Gasteiger charge is -2.20. The van der Waals surface area contributed by atoms with Crippen LogP contribution in [-0.4, -0.2) is 52.7 Å². The average molecular weight is 335 g/mol. The molecule has 0 heterocycles. The van der Waals surface area contributed by atoms with E-state index in [1.807, 2.05) is 0 Å². The third-order valence-electron chi connectivity index (χ3n) is 3.79. The van der Waals surface area contributed by atoms with E-state index in [0.29, 0.717) is 29.0 Å². The molecule has 9 nitrogen and oxygen atoms in total. The number of carbonyl (C=O) groups excluding carboxylic acids is 2. The third kappa shape index (κ3) is 3.62. The number of nitrogens with zero attached hydrogens (tertiary/aromatic N) is 1. The quantitative estimate of drug-likeness (QED) is 0.649. The highest BCUT2D eigenvalue weighted by molar-refractivity contribution is 5.98. The first-order valence-electron chi connectivity index (χ1n) is 7.21. The number of amides is 4. The Bertz CT molecular complexity index is 702. The van der Waals surface area contributed by atoms with Gasteiger partial charge in [-0.05, 0) is 36.1 Å². The molecule has 1 aromatic rings. The smallest absolute Gasteiger partial charge is 0.414 e. The molecule has 2 rings (SSSR count). The van der Waals surface area contributed by atoms with Crippen molar-refractivity contribution in [2.75, 3.05) is 18.9 Å². The SMILES string of the molecule is CNC(=O)Nc1ccc2c(c1)CCC2C(=O)N(CC(=O)O)C(=O)O. The number of carbonyl (C=O) groups is 4. The van der Waals surface area contributed by atoms with Gasteiger partial charge in [-0.2, -0.15) is 0 Å². The molecule has 0 fully saturated rings. The monoisotopic (exact) mass is 335 g/mol. The highest BCUT2D eigenvalue weighted by atomic mass is 16.4. The van der Waals surface area contributed by atoms with Gasteiger partial charge in [0.05, 0.1) is 5.92 Å². The molecule has 9 heteroatoms. The molecule has 1 aliphatic carbocycles. The van der Waals surface area contributed by atoms with Crippen molar-refractivity contribution < 1.29 is 29.4 Å². The second-order valence-electron chi connectivity index (χ2n) is 5.31. The minimum atomic E-state index is -1.59. The van der Waals surface area contributed by atoms with E-state index in [0.717, 1.165) is 5.56 Å². The number of benzene rings is 1. The summed E-state index contributed by atoms with van der Waals surface area (Å²) in [5, 5.41) is 22.9. The highest BCUT2D eigenvalue weighted by Crippen LogP contribution is 2.36. The summed E-state index contributed by atoms with van der Waals surface area (Å²) in [4.78, 5) is 45.9. The van der Waals surface area contributed by atoms with Crippen molar-refractivity contribution >= 4 is 29.7 Å². The van der Waals surface area contributed by atoms with Crippen molar-refractivity contribution in [3.63, 3.8) is 0 Å². The van der Waals surface area contributed by atoms with Crippen molar-refractivity contribution in [3.05, 3.63) is 29.3 Å². The minimum Gasteiger partial charge on any atom is -0.480 e. The number of urea groups is 1. The molecule has 0 saturated carbocycles. The van der Waals surface area contributed by atoms with Gasteiger partial charge in [0.25, 0.3) is 0 Å². The van der Waals surface area contributed by atoms with Crippen LogP contribution < -0.4 is 10.6 Å². The number of carboxylic acid groups (broad SMARTS) is 2. The number of rotatable bonds is 4. The Morgan fingerprint density at radius 1 is 1.25 bits per heavy atom. The van der Waals surface area contributed by atoms with Crippen LogP contribution in [-0.2, 0) is 16.0 Å². The Hall–Kier alpha value is -3.10. The van der Waals surface area contributed by atoms with Crippen LogP contribution in [0.2, 0.25) is 0 Å². The van der Waals surface area contributed by atoms with E-state index in [4.69, 9.17) is 10.2 Å². The van der Waals surface area contributed by atoms with Crippen molar-refractivity contribution in [2.24, 2.45) is 0 Å². The third-order valence-corrected chi connectivity index (χ3v) is 3.79. The summed E-state index contributed by atoms with van der Waals surface area (Å²) < 4.78 is 0. The van der Waals surface area contributed by atoms with Crippen molar-refractivity contribution in [3.8, 4) is 0 Å². The van der Waals surface area contributed by atoms with Gasteiger partial charge in [0.1, 0.15) is 6.54 Å². The lowest BCUT2D eigenvalue weighted by molar-refractivity contribution is -0.143. The van der Waals surface area contributed by atoms with Gasteiger partial charge in [0.15, 0.2) is 0 Å². The fraction of sp³-hybridized carbons (Fsp3) is 0.333. The molecule has 1 aromatic carbocycles. The van der Waals surface area contributed by atoms with E-state index in [1.165, 1.54) is 7.05 Å². The predicted octanol–water partition coefficient (Wildman–Crippen LogP) is 1.06. The zero-order valence-corrected chi connectivity index (χ0v) is 12.9. The Kier molecular flexibility index (Phi) is 5.02. The zero-order valence-electron chi connectivity index (χ0n) is 12.9. The first kappa shape index (κ1) is 17.3. The van der Waals surface area contributed by atoms with Gasteiger partial charge >= 0.3 is 18.1 Å². The van der Waals surface area contributed by atoms with Crippen molar-refractivity contribution in [2.45, 2.75) is 18.8 Å². The number of imide groups is 1. The highest BCUT2D eigenvalue weighted by Gasteiger charge is 2.35. The van der Waals surface area contributed by atoms with Crippen molar-refractivity contribution in [1.29, 1.82) is 0 Å². The van der Waals surface area contributed by atoms with Gasteiger partial charge in [0.2, 0.25) is 5.91 Å². The molecule has 128 valence electrons. The maximum absolute atomic E-state index is 12.4. The Balaban J connectivity index is 2.21. The van der Waals surface area contributed by atoms with E-state index in [-0.39, 0.29) is 6.03 Å². The molecule has 24 heavy (non-hydrogen) atoms. The van der Waals surface area contributed by atoms with E-state index in [2.05, 4.69) is 10.6 Å². The molecule has 0 radical (unpaired) electrons. The second-order valence-corrected chi connectivity index (χ2v) is 5.31. The Labute approximate surface area is 137 Å². The van der Waals surface area contributed by atoms with Gasteiger partial charge in [-0.25, -0.2) is 14.5 Å². The second kappa shape index (κ2) is 6.99. The lowest BCUT2D eigenvalue weighted by atomic mass is 9.99. The number of hydrogen-bond acceptors (Lipinski definition) is 4. The van der Waals surface area contributed by atoms with Gasteiger partial charge in [-0.15, -0.1) is 0 Å². The van der Waals surface area contributed by atoms with Crippen LogP contribution in [0, 0.1) is 0 Å². The first-order chi connectivity index (χ1) is 11.3. The van der Waals surface area contributed by atoms with Crippen LogP contribution in [0.15, 0.2) is 18.2 Å². The maximum atomic E-state index is 12.4. The summed E-state index contributed by atoms with van der Waals surface area (Å²) >= 11 is 0. The maximum Gasteiger partial charge on any atom is 0.414 e. The molecule has 0 spiro atoms. The largest absolute Gasteiger partial charge is 0.480 e.